The lowest BCUT2D eigenvalue weighted by molar-refractivity contribution is 0.361. The molecule has 0 aliphatic carbocycles. The molecule has 1 saturated heterocycles. The summed E-state index contributed by atoms with van der Waals surface area (Å²) in [5.74, 6) is 0.845. The van der Waals surface area contributed by atoms with Gasteiger partial charge < -0.3 is 15.0 Å². The van der Waals surface area contributed by atoms with Gasteiger partial charge in [0.15, 0.2) is 0 Å². The number of nitrogens with one attached hydrogen (secondary N) is 1. The number of ether oxygens (including phenoxy) is 1. The van der Waals surface area contributed by atoms with Crippen molar-refractivity contribution in [2.45, 2.75) is 19.8 Å². The SMILES string of the molecule is CCCC=CCOc1cncc(N2CCNCC2)c1. The zero-order chi connectivity index (χ0) is 13.3. The molecular formula is C15H23N3O. The van der Waals surface area contributed by atoms with Crippen LogP contribution in [0.1, 0.15) is 19.8 Å². The van der Waals surface area contributed by atoms with E-state index in [9.17, 15) is 0 Å². The fourth-order valence-electron chi connectivity index (χ4n) is 2.08. The Morgan fingerprint density at radius 3 is 2.95 bits per heavy atom. The highest BCUT2D eigenvalue weighted by Gasteiger charge is 2.11. The normalized spacial score (nSPS) is 15.9. The van der Waals surface area contributed by atoms with Gasteiger partial charge in [-0.05, 0) is 6.42 Å². The predicted octanol–water partition coefficient (Wildman–Crippen LogP) is 2.23. The summed E-state index contributed by atoms with van der Waals surface area (Å²) in [6, 6.07) is 2.08. The van der Waals surface area contributed by atoms with Gasteiger partial charge in [0.1, 0.15) is 12.4 Å². The van der Waals surface area contributed by atoms with Crippen LogP contribution in [-0.4, -0.2) is 37.8 Å². The summed E-state index contributed by atoms with van der Waals surface area (Å²) >= 11 is 0. The number of anilines is 1. The van der Waals surface area contributed by atoms with Crippen LogP contribution in [0.15, 0.2) is 30.6 Å². The van der Waals surface area contributed by atoms with Crippen molar-refractivity contribution in [3.8, 4) is 5.75 Å². The smallest absolute Gasteiger partial charge is 0.140 e. The number of unbranched alkanes of at least 4 members (excludes halogenated alkanes) is 1. The van der Waals surface area contributed by atoms with Crippen molar-refractivity contribution >= 4 is 5.69 Å². The van der Waals surface area contributed by atoms with E-state index in [1.807, 2.05) is 6.20 Å². The minimum Gasteiger partial charge on any atom is -0.488 e. The number of pyridine rings is 1. The van der Waals surface area contributed by atoms with Crippen LogP contribution in [-0.2, 0) is 0 Å². The molecule has 0 bridgehead atoms. The average Bonchev–Trinajstić information content (AvgIpc) is 2.48. The van der Waals surface area contributed by atoms with E-state index in [4.69, 9.17) is 4.74 Å². The lowest BCUT2D eigenvalue weighted by atomic mass is 10.3. The molecule has 0 saturated carbocycles. The topological polar surface area (TPSA) is 37.4 Å². The fourth-order valence-corrected chi connectivity index (χ4v) is 2.08. The molecule has 0 spiro atoms. The summed E-state index contributed by atoms with van der Waals surface area (Å²) < 4.78 is 5.69. The first-order chi connectivity index (χ1) is 9.40. The lowest BCUT2D eigenvalue weighted by Crippen LogP contribution is -2.43. The van der Waals surface area contributed by atoms with E-state index in [0.29, 0.717) is 6.61 Å². The number of piperazine rings is 1. The third-order valence-electron chi connectivity index (χ3n) is 3.15. The summed E-state index contributed by atoms with van der Waals surface area (Å²) in [4.78, 5) is 6.60. The third-order valence-corrected chi connectivity index (χ3v) is 3.15. The van der Waals surface area contributed by atoms with E-state index in [0.717, 1.165) is 44.0 Å². The van der Waals surface area contributed by atoms with E-state index < -0.39 is 0 Å². The second kappa shape index (κ2) is 7.79. The highest BCUT2D eigenvalue weighted by atomic mass is 16.5. The number of hydrogen-bond acceptors (Lipinski definition) is 4. The van der Waals surface area contributed by atoms with E-state index in [1.165, 1.54) is 6.42 Å². The molecule has 1 aromatic heterocycles. The van der Waals surface area contributed by atoms with Gasteiger partial charge in [0.2, 0.25) is 0 Å². The maximum absolute atomic E-state index is 5.69. The van der Waals surface area contributed by atoms with Gasteiger partial charge in [0, 0.05) is 32.2 Å². The maximum Gasteiger partial charge on any atom is 0.140 e. The van der Waals surface area contributed by atoms with Crippen molar-refractivity contribution in [3.05, 3.63) is 30.6 Å². The lowest BCUT2D eigenvalue weighted by Gasteiger charge is -2.29. The van der Waals surface area contributed by atoms with Gasteiger partial charge in [-0.3, -0.25) is 4.98 Å². The van der Waals surface area contributed by atoms with Crippen LogP contribution < -0.4 is 15.0 Å². The van der Waals surface area contributed by atoms with Gasteiger partial charge in [-0.1, -0.05) is 25.5 Å². The number of rotatable bonds is 6. The van der Waals surface area contributed by atoms with Crippen LogP contribution in [0.25, 0.3) is 0 Å². The summed E-state index contributed by atoms with van der Waals surface area (Å²) in [6.07, 6.45) is 10.2. The Hall–Kier alpha value is -1.55. The largest absolute Gasteiger partial charge is 0.488 e. The van der Waals surface area contributed by atoms with Crippen LogP contribution in [0.5, 0.6) is 5.75 Å². The zero-order valence-electron chi connectivity index (χ0n) is 11.6. The minimum absolute atomic E-state index is 0.618. The molecule has 1 aliphatic rings. The zero-order valence-corrected chi connectivity index (χ0v) is 11.6. The molecule has 2 rings (SSSR count). The first-order valence-electron chi connectivity index (χ1n) is 7.08. The Kier molecular flexibility index (Phi) is 5.69. The Morgan fingerprint density at radius 1 is 1.32 bits per heavy atom. The van der Waals surface area contributed by atoms with Crippen molar-refractivity contribution in [1.82, 2.24) is 10.3 Å². The molecule has 1 fully saturated rings. The maximum atomic E-state index is 5.69. The first-order valence-corrected chi connectivity index (χ1v) is 7.08. The second-order valence-electron chi connectivity index (χ2n) is 4.69. The Bertz CT molecular complexity index is 400. The highest BCUT2D eigenvalue weighted by Crippen LogP contribution is 2.19. The summed E-state index contributed by atoms with van der Waals surface area (Å²) in [5.41, 5.74) is 1.15. The summed E-state index contributed by atoms with van der Waals surface area (Å²) in [5, 5.41) is 3.35. The van der Waals surface area contributed by atoms with Gasteiger partial charge in [-0.15, -0.1) is 0 Å². The molecular weight excluding hydrogens is 238 g/mol. The van der Waals surface area contributed by atoms with Crippen molar-refractivity contribution < 1.29 is 4.74 Å². The van der Waals surface area contributed by atoms with Crippen LogP contribution in [0.4, 0.5) is 5.69 Å². The van der Waals surface area contributed by atoms with Gasteiger partial charge in [0.05, 0.1) is 18.1 Å². The van der Waals surface area contributed by atoms with E-state index in [1.54, 1.807) is 6.20 Å². The van der Waals surface area contributed by atoms with Crippen molar-refractivity contribution in [3.63, 3.8) is 0 Å². The van der Waals surface area contributed by atoms with Crippen molar-refractivity contribution in [1.29, 1.82) is 0 Å². The van der Waals surface area contributed by atoms with Crippen LogP contribution in [0.2, 0.25) is 0 Å². The average molecular weight is 261 g/mol. The molecule has 1 aromatic rings. The second-order valence-corrected chi connectivity index (χ2v) is 4.69. The van der Waals surface area contributed by atoms with Gasteiger partial charge in [-0.2, -0.15) is 0 Å². The van der Waals surface area contributed by atoms with Crippen molar-refractivity contribution in [2.24, 2.45) is 0 Å². The third kappa shape index (κ3) is 4.56. The molecule has 2 heterocycles. The van der Waals surface area contributed by atoms with Crippen LogP contribution in [0.3, 0.4) is 0 Å². The highest BCUT2D eigenvalue weighted by molar-refractivity contribution is 5.48. The van der Waals surface area contributed by atoms with Crippen LogP contribution in [0, 0.1) is 0 Å². The molecule has 0 amide bonds. The van der Waals surface area contributed by atoms with Crippen LogP contribution >= 0.6 is 0 Å². The van der Waals surface area contributed by atoms with E-state index >= 15 is 0 Å². The fraction of sp³-hybridized carbons (Fsp3) is 0.533. The Balaban J connectivity index is 1.87. The number of hydrogen-bond donors (Lipinski definition) is 1. The van der Waals surface area contributed by atoms with Crippen molar-refractivity contribution in [2.75, 3.05) is 37.7 Å². The monoisotopic (exact) mass is 261 g/mol. The molecule has 0 unspecified atom stereocenters. The Morgan fingerprint density at radius 2 is 2.16 bits per heavy atom. The van der Waals surface area contributed by atoms with E-state index in [-0.39, 0.29) is 0 Å². The molecule has 0 atom stereocenters. The Labute approximate surface area is 115 Å². The molecule has 1 aliphatic heterocycles. The van der Waals surface area contributed by atoms with E-state index in [2.05, 4.69) is 40.3 Å². The molecule has 4 nitrogen and oxygen atoms in total. The number of allylic oxidation sites excluding steroid dienone is 1. The van der Waals surface area contributed by atoms with Gasteiger partial charge in [0.25, 0.3) is 0 Å². The minimum atomic E-state index is 0.618. The molecule has 1 N–H and O–H groups in total. The first kappa shape index (κ1) is 13.9. The number of nitrogens with zero attached hydrogens (tertiary/aromatic N) is 2. The molecule has 4 heteroatoms. The molecule has 19 heavy (non-hydrogen) atoms. The summed E-state index contributed by atoms with van der Waals surface area (Å²) in [7, 11) is 0. The van der Waals surface area contributed by atoms with Gasteiger partial charge in [-0.25, -0.2) is 0 Å². The molecule has 104 valence electrons. The van der Waals surface area contributed by atoms with Gasteiger partial charge >= 0.3 is 0 Å². The quantitative estimate of drug-likeness (QED) is 0.797. The number of aromatic nitrogens is 1. The summed E-state index contributed by atoms with van der Waals surface area (Å²) in [6.45, 7) is 6.91. The predicted molar refractivity (Wildman–Crippen MR) is 78.9 cm³/mol. The molecule has 0 radical (unpaired) electrons. The molecule has 0 aromatic carbocycles. The standard InChI is InChI=1S/C15H23N3O/c1-2-3-4-5-10-19-15-11-14(12-17-13-15)18-8-6-16-7-9-18/h4-5,11-13,16H,2-3,6-10H2,1H3.